The molecule has 0 atom stereocenters. The molecule has 0 aromatic heterocycles. The topological polar surface area (TPSA) is 17.1 Å². The molecule has 0 fully saturated rings. The van der Waals surface area contributed by atoms with E-state index in [0.717, 1.165) is 19.3 Å². The second-order valence-corrected chi connectivity index (χ2v) is 2.35. The summed E-state index contributed by atoms with van der Waals surface area (Å²) in [6, 6.07) is 0. The predicted octanol–water partition coefficient (Wildman–Crippen LogP) is 2.71. The summed E-state index contributed by atoms with van der Waals surface area (Å²) in [5.41, 5.74) is 0. The van der Waals surface area contributed by atoms with Crippen LogP contribution in [0.1, 0.15) is 39.5 Å². The van der Waals surface area contributed by atoms with E-state index in [-0.39, 0.29) is 0 Å². The van der Waals surface area contributed by atoms with E-state index in [0.29, 0.717) is 12.2 Å². The number of carbonyl (C=O) groups is 1. The van der Waals surface area contributed by atoms with Crippen LogP contribution in [0, 0.1) is 0 Å². The van der Waals surface area contributed by atoms with E-state index in [4.69, 9.17) is 0 Å². The van der Waals surface area contributed by atoms with E-state index >= 15 is 0 Å². The summed E-state index contributed by atoms with van der Waals surface area (Å²) in [6.07, 6.45) is 7.62. The summed E-state index contributed by atoms with van der Waals surface area (Å²) in [5.74, 6) is 0.379. The molecule has 1 nitrogen and oxygen atoms in total. The summed E-state index contributed by atoms with van der Waals surface area (Å²) in [5, 5.41) is 0. The van der Waals surface area contributed by atoms with Crippen molar-refractivity contribution in [1.82, 2.24) is 0 Å². The molecule has 0 unspecified atom stereocenters. The third-order valence-electron chi connectivity index (χ3n) is 1.46. The van der Waals surface area contributed by atoms with Gasteiger partial charge in [-0.15, -0.1) is 0 Å². The molecule has 0 bridgehead atoms. The first-order valence-corrected chi connectivity index (χ1v) is 3.94. The molecule has 58 valence electrons. The van der Waals surface area contributed by atoms with E-state index in [1.807, 2.05) is 19.9 Å². The fraction of sp³-hybridized carbons (Fsp3) is 0.667. The van der Waals surface area contributed by atoms with Gasteiger partial charge in [0.15, 0.2) is 0 Å². The van der Waals surface area contributed by atoms with Crippen molar-refractivity contribution in [3.63, 3.8) is 0 Å². The largest absolute Gasteiger partial charge is 0.300 e. The van der Waals surface area contributed by atoms with Gasteiger partial charge in [-0.2, -0.15) is 0 Å². The van der Waals surface area contributed by atoms with Gasteiger partial charge in [0.1, 0.15) is 5.78 Å². The lowest BCUT2D eigenvalue weighted by Gasteiger charge is -1.92. The summed E-state index contributed by atoms with van der Waals surface area (Å²) in [4.78, 5) is 10.8. The average Bonchev–Trinajstić information content (AvgIpc) is 1.98. The summed E-state index contributed by atoms with van der Waals surface area (Å²) in [7, 11) is 0. The average molecular weight is 140 g/mol. The molecule has 0 aliphatic heterocycles. The first-order valence-electron chi connectivity index (χ1n) is 3.94. The number of hydrogen-bond acceptors (Lipinski definition) is 1. The van der Waals surface area contributed by atoms with Crippen molar-refractivity contribution in [2.24, 2.45) is 0 Å². The maximum Gasteiger partial charge on any atom is 0.132 e. The number of unbranched alkanes of at least 4 members (excludes halogenated alkanes) is 1. The summed E-state index contributed by atoms with van der Waals surface area (Å²) in [6.45, 7) is 3.92. The Bertz CT molecular complexity index is 114. The molecule has 0 aliphatic rings. The Labute approximate surface area is 63.1 Å². The second kappa shape index (κ2) is 6.53. The van der Waals surface area contributed by atoms with Crippen LogP contribution in [-0.4, -0.2) is 5.78 Å². The van der Waals surface area contributed by atoms with Crippen LogP contribution in [0.25, 0.3) is 0 Å². The monoisotopic (exact) mass is 140 g/mol. The van der Waals surface area contributed by atoms with Crippen molar-refractivity contribution < 1.29 is 4.79 Å². The Morgan fingerprint density at radius 3 is 2.70 bits per heavy atom. The lowest BCUT2D eigenvalue weighted by atomic mass is 10.1. The van der Waals surface area contributed by atoms with Crippen LogP contribution in [0.2, 0.25) is 0 Å². The van der Waals surface area contributed by atoms with E-state index < -0.39 is 0 Å². The SMILES string of the molecule is C/C=C/CCCC(=O)CC. The maximum atomic E-state index is 10.8. The van der Waals surface area contributed by atoms with Gasteiger partial charge in [0.05, 0.1) is 0 Å². The lowest BCUT2D eigenvalue weighted by Crippen LogP contribution is -1.93. The first kappa shape index (κ1) is 9.41. The highest BCUT2D eigenvalue weighted by Gasteiger charge is 1.94. The summed E-state index contributed by atoms with van der Waals surface area (Å²) >= 11 is 0. The number of ketones is 1. The highest BCUT2D eigenvalue weighted by atomic mass is 16.1. The van der Waals surface area contributed by atoms with Gasteiger partial charge >= 0.3 is 0 Å². The fourth-order valence-corrected chi connectivity index (χ4v) is 0.761. The molecule has 0 aromatic carbocycles. The van der Waals surface area contributed by atoms with Gasteiger partial charge in [-0.1, -0.05) is 19.1 Å². The first-order chi connectivity index (χ1) is 4.81. The minimum atomic E-state index is 0.379. The molecule has 0 heterocycles. The lowest BCUT2D eigenvalue weighted by molar-refractivity contribution is -0.118. The van der Waals surface area contributed by atoms with Crippen LogP contribution in [0.4, 0.5) is 0 Å². The zero-order chi connectivity index (χ0) is 7.82. The standard InChI is InChI=1S/C9H16O/c1-3-5-6-7-8-9(10)4-2/h3,5H,4,6-8H2,1-2H3/b5-3+. The van der Waals surface area contributed by atoms with Gasteiger partial charge in [-0.05, 0) is 19.8 Å². The van der Waals surface area contributed by atoms with Gasteiger partial charge in [-0.25, -0.2) is 0 Å². The molecule has 1 heteroatoms. The van der Waals surface area contributed by atoms with Crippen LogP contribution in [0.15, 0.2) is 12.2 Å². The summed E-state index contributed by atoms with van der Waals surface area (Å²) < 4.78 is 0. The number of rotatable bonds is 5. The van der Waals surface area contributed by atoms with Gasteiger partial charge in [0, 0.05) is 12.8 Å². The van der Waals surface area contributed by atoms with Gasteiger partial charge < -0.3 is 0 Å². The van der Waals surface area contributed by atoms with Crippen molar-refractivity contribution in [1.29, 1.82) is 0 Å². The highest BCUT2D eigenvalue weighted by Crippen LogP contribution is 1.99. The van der Waals surface area contributed by atoms with Crippen molar-refractivity contribution >= 4 is 5.78 Å². The molecule has 0 spiro atoms. The normalized spacial score (nSPS) is 10.6. The predicted molar refractivity (Wildman–Crippen MR) is 44.0 cm³/mol. The molecule has 0 amide bonds. The Morgan fingerprint density at radius 2 is 2.20 bits per heavy atom. The number of allylic oxidation sites excluding steroid dienone is 2. The van der Waals surface area contributed by atoms with Crippen molar-refractivity contribution in [2.45, 2.75) is 39.5 Å². The van der Waals surface area contributed by atoms with E-state index in [1.165, 1.54) is 0 Å². The van der Waals surface area contributed by atoms with Crippen molar-refractivity contribution in [3.05, 3.63) is 12.2 Å². The molecule has 0 saturated carbocycles. The maximum absolute atomic E-state index is 10.8. The minimum Gasteiger partial charge on any atom is -0.300 e. The zero-order valence-electron chi connectivity index (χ0n) is 6.89. The molecule has 0 radical (unpaired) electrons. The fourth-order valence-electron chi connectivity index (χ4n) is 0.761. The molecule has 0 aromatic rings. The van der Waals surface area contributed by atoms with Crippen LogP contribution < -0.4 is 0 Å². The van der Waals surface area contributed by atoms with E-state index in [9.17, 15) is 4.79 Å². The quantitative estimate of drug-likeness (QED) is 0.424. The smallest absolute Gasteiger partial charge is 0.132 e. The third-order valence-corrected chi connectivity index (χ3v) is 1.46. The molecule has 0 rings (SSSR count). The van der Waals surface area contributed by atoms with Gasteiger partial charge in [-0.3, -0.25) is 4.79 Å². The Balaban J connectivity index is 3.11. The second-order valence-electron chi connectivity index (χ2n) is 2.35. The van der Waals surface area contributed by atoms with Gasteiger partial charge in [0.2, 0.25) is 0 Å². The number of hydrogen-bond donors (Lipinski definition) is 0. The van der Waals surface area contributed by atoms with Gasteiger partial charge in [0.25, 0.3) is 0 Å². The minimum absolute atomic E-state index is 0.379. The van der Waals surface area contributed by atoms with Crippen LogP contribution in [0.3, 0.4) is 0 Å². The Hall–Kier alpha value is -0.590. The van der Waals surface area contributed by atoms with Crippen LogP contribution in [-0.2, 0) is 4.79 Å². The molecule has 0 N–H and O–H groups in total. The van der Waals surface area contributed by atoms with Crippen molar-refractivity contribution in [2.75, 3.05) is 0 Å². The van der Waals surface area contributed by atoms with Crippen LogP contribution >= 0.6 is 0 Å². The number of Topliss-reactive ketones (excluding diaryl/α,β-unsaturated/α-hetero) is 1. The third kappa shape index (κ3) is 5.54. The molecule has 0 saturated heterocycles. The Morgan fingerprint density at radius 1 is 1.50 bits per heavy atom. The van der Waals surface area contributed by atoms with E-state index in [2.05, 4.69) is 6.08 Å². The molecular formula is C9H16O. The number of carbonyl (C=O) groups excluding carboxylic acids is 1. The molecule has 10 heavy (non-hydrogen) atoms. The molecular weight excluding hydrogens is 124 g/mol. The zero-order valence-corrected chi connectivity index (χ0v) is 6.89. The van der Waals surface area contributed by atoms with Crippen molar-refractivity contribution in [3.8, 4) is 0 Å². The Kier molecular flexibility index (Phi) is 6.14. The highest BCUT2D eigenvalue weighted by molar-refractivity contribution is 5.77. The molecule has 0 aliphatic carbocycles. The van der Waals surface area contributed by atoms with Crippen LogP contribution in [0.5, 0.6) is 0 Å². The van der Waals surface area contributed by atoms with E-state index in [1.54, 1.807) is 0 Å².